The molecule has 0 unspecified atom stereocenters. The molecular weight excluding hydrogens is 296 g/mol. The van der Waals surface area contributed by atoms with Gasteiger partial charge < -0.3 is 4.90 Å². The molecule has 0 atom stereocenters. The Morgan fingerprint density at radius 3 is 2.14 bits per heavy atom. The van der Waals surface area contributed by atoms with Crippen LogP contribution >= 0.6 is 11.8 Å². The van der Waals surface area contributed by atoms with E-state index in [2.05, 4.69) is 18.7 Å². The van der Waals surface area contributed by atoms with Gasteiger partial charge in [0.25, 0.3) is 11.8 Å². The van der Waals surface area contributed by atoms with Crippen molar-refractivity contribution in [1.29, 1.82) is 0 Å². The predicted molar refractivity (Wildman–Crippen MR) is 91.5 cm³/mol. The second-order valence-corrected chi connectivity index (χ2v) is 6.53. The molecule has 0 saturated carbocycles. The average Bonchev–Trinajstić information content (AvgIpc) is 2.79. The van der Waals surface area contributed by atoms with Gasteiger partial charge in [0.1, 0.15) is 0 Å². The number of benzene rings is 1. The SMILES string of the molecule is CCN(CC)CCSCCCN1C(=O)c2ccccc2C1=O. The van der Waals surface area contributed by atoms with Crippen LogP contribution in [0.3, 0.4) is 0 Å². The highest BCUT2D eigenvalue weighted by molar-refractivity contribution is 7.99. The van der Waals surface area contributed by atoms with Crippen molar-refractivity contribution < 1.29 is 9.59 Å². The van der Waals surface area contributed by atoms with E-state index in [4.69, 9.17) is 0 Å². The van der Waals surface area contributed by atoms with Gasteiger partial charge in [-0.3, -0.25) is 14.5 Å². The van der Waals surface area contributed by atoms with Crippen LogP contribution in [0.15, 0.2) is 24.3 Å². The Balaban J connectivity index is 1.71. The zero-order chi connectivity index (χ0) is 15.9. The number of thioether (sulfide) groups is 1. The highest BCUT2D eigenvalue weighted by Gasteiger charge is 2.34. The molecule has 0 N–H and O–H groups in total. The summed E-state index contributed by atoms with van der Waals surface area (Å²) in [5.41, 5.74) is 1.09. The van der Waals surface area contributed by atoms with Crippen LogP contribution < -0.4 is 0 Å². The van der Waals surface area contributed by atoms with Gasteiger partial charge in [-0.2, -0.15) is 11.8 Å². The Morgan fingerprint density at radius 1 is 1.00 bits per heavy atom. The van der Waals surface area contributed by atoms with Crippen LogP contribution in [0.25, 0.3) is 0 Å². The van der Waals surface area contributed by atoms with Crippen LogP contribution in [0.5, 0.6) is 0 Å². The summed E-state index contributed by atoms with van der Waals surface area (Å²) >= 11 is 1.89. The van der Waals surface area contributed by atoms with Gasteiger partial charge in [-0.05, 0) is 37.4 Å². The number of carbonyl (C=O) groups excluding carboxylic acids is 2. The van der Waals surface area contributed by atoms with Gasteiger partial charge >= 0.3 is 0 Å². The van der Waals surface area contributed by atoms with Crippen molar-refractivity contribution >= 4 is 23.6 Å². The number of rotatable bonds is 9. The fourth-order valence-corrected chi connectivity index (χ4v) is 3.53. The number of imide groups is 1. The molecule has 0 aliphatic carbocycles. The molecule has 1 aromatic rings. The van der Waals surface area contributed by atoms with E-state index in [1.165, 1.54) is 4.90 Å². The van der Waals surface area contributed by atoms with Gasteiger partial charge in [0.05, 0.1) is 11.1 Å². The van der Waals surface area contributed by atoms with E-state index in [-0.39, 0.29) is 11.8 Å². The number of hydrogen-bond donors (Lipinski definition) is 0. The summed E-state index contributed by atoms with van der Waals surface area (Å²) < 4.78 is 0. The highest BCUT2D eigenvalue weighted by atomic mass is 32.2. The summed E-state index contributed by atoms with van der Waals surface area (Å²) in [7, 11) is 0. The van der Waals surface area contributed by atoms with Gasteiger partial charge in [-0.15, -0.1) is 0 Å². The largest absolute Gasteiger partial charge is 0.303 e. The topological polar surface area (TPSA) is 40.6 Å². The lowest BCUT2D eigenvalue weighted by Gasteiger charge is -2.17. The lowest BCUT2D eigenvalue weighted by molar-refractivity contribution is 0.0655. The van der Waals surface area contributed by atoms with Crippen molar-refractivity contribution in [3.8, 4) is 0 Å². The summed E-state index contributed by atoms with van der Waals surface area (Å²) in [6.07, 6.45) is 0.856. The van der Waals surface area contributed by atoms with Gasteiger partial charge in [0, 0.05) is 18.8 Å². The van der Waals surface area contributed by atoms with Gasteiger partial charge in [-0.25, -0.2) is 0 Å². The Labute approximate surface area is 136 Å². The Bertz CT molecular complexity index is 494. The van der Waals surface area contributed by atoms with Crippen molar-refractivity contribution in [2.75, 3.05) is 37.7 Å². The number of hydrogen-bond acceptors (Lipinski definition) is 4. The first-order chi connectivity index (χ1) is 10.7. The molecule has 22 heavy (non-hydrogen) atoms. The molecule has 5 heteroatoms. The minimum absolute atomic E-state index is 0.145. The molecule has 120 valence electrons. The quantitative estimate of drug-likeness (QED) is 0.518. The molecule has 0 radical (unpaired) electrons. The molecule has 1 aliphatic heterocycles. The smallest absolute Gasteiger partial charge is 0.261 e. The molecule has 0 saturated heterocycles. The van der Waals surface area contributed by atoms with Crippen molar-refractivity contribution in [3.63, 3.8) is 0 Å². The number of carbonyl (C=O) groups is 2. The first kappa shape index (κ1) is 17.0. The average molecular weight is 320 g/mol. The summed E-state index contributed by atoms with van der Waals surface area (Å²) in [6.45, 7) is 8.15. The fourth-order valence-electron chi connectivity index (χ4n) is 2.60. The maximum absolute atomic E-state index is 12.2. The lowest BCUT2D eigenvalue weighted by atomic mass is 10.1. The predicted octanol–water partition coefficient (Wildman–Crippen LogP) is 2.75. The minimum atomic E-state index is -0.145. The standard InChI is InChI=1S/C17H24N2O2S/c1-3-18(4-2)11-13-22-12-7-10-19-16(20)14-8-5-6-9-15(14)17(19)21/h5-6,8-9H,3-4,7,10-13H2,1-2H3. The Hall–Kier alpha value is -1.33. The summed E-state index contributed by atoms with van der Waals surface area (Å²) in [5.74, 6) is 1.79. The molecule has 4 nitrogen and oxygen atoms in total. The molecule has 0 aromatic heterocycles. The zero-order valence-electron chi connectivity index (χ0n) is 13.4. The van der Waals surface area contributed by atoms with Crippen LogP contribution in [-0.2, 0) is 0 Å². The molecule has 0 bridgehead atoms. The maximum Gasteiger partial charge on any atom is 0.261 e. The van der Waals surface area contributed by atoms with Crippen molar-refractivity contribution in [2.45, 2.75) is 20.3 Å². The maximum atomic E-state index is 12.2. The van der Waals surface area contributed by atoms with E-state index in [1.807, 2.05) is 11.8 Å². The van der Waals surface area contributed by atoms with Gasteiger partial charge in [0.2, 0.25) is 0 Å². The van der Waals surface area contributed by atoms with E-state index in [0.29, 0.717) is 17.7 Å². The van der Waals surface area contributed by atoms with Crippen molar-refractivity contribution in [3.05, 3.63) is 35.4 Å². The monoisotopic (exact) mass is 320 g/mol. The third-order valence-corrected chi connectivity index (χ3v) is 5.04. The van der Waals surface area contributed by atoms with Crippen LogP contribution in [0.1, 0.15) is 41.0 Å². The van der Waals surface area contributed by atoms with Crippen LogP contribution in [-0.4, -0.2) is 59.3 Å². The van der Waals surface area contributed by atoms with E-state index in [9.17, 15) is 9.59 Å². The van der Waals surface area contributed by atoms with E-state index >= 15 is 0 Å². The first-order valence-electron chi connectivity index (χ1n) is 7.94. The molecular formula is C17H24N2O2S. The molecule has 0 spiro atoms. The van der Waals surface area contributed by atoms with Crippen molar-refractivity contribution in [1.82, 2.24) is 9.80 Å². The number of amides is 2. The zero-order valence-corrected chi connectivity index (χ0v) is 14.2. The Kier molecular flexibility index (Phi) is 6.46. The molecule has 2 rings (SSSR count). The van der Waals surface area contributed by atoms with Crippen LogP contribution in [0, 0.1) is 0 Å². The first-order valence-corrected chi connectivity index (χ1v) is 9.09. The van der Waals surface area contributed by atoms with E-state index < -0.39 is 0 Å². The summed E-state index contributed by atoms with van der Waals surface area (Å²) in [5, 5.41) is 0. The summed E-state index contributed by atoms with van der Waals surface area (Å²) in [4.78, 5) is 28.2. The van der Waals surface area contributed by atoms with Crippen molar-refractivity contribution in [2.24, 2.45) is 0 Å². The second-order valence-electron chi connectivity index (χ2n) is 5.30. The highest BCUT2D eigenvalue weighted by Crippen LogP contribution is 2.22. The fraction of sp³-hybridized carbons (Fsp3) is 0.529. The molecule has 1 heterocycles. The number of nitrogens with zero attached hydrogens (tertiary/aromatic N) is 2. The third kappa shape index (κ3) is 3.90. The minimum Gasteiger partial charge on any atom is -0.303 e. The van der Waals surface area contributed by atoms with E-state index in [0.717, 1.165) is 37.6 Å². The Morgan fingerprint density at radius 2 is 1.59 bits per heavy atom. The van der Waals surface area contributed by atoms with Gasteiger partial charge in [-0.1, -0.05) is 26.0 Å². The third-order valence-electron chi connectivity index (χ3n) is 3.99. The molecule has 2 amide bonds. The molecule has 1 aromatic carbocycles. The lowest BCUT2D eigenvalue weighted by Crippen LogP contribution is -2.31. The number of fused-ring (bicyclic) bond motifs is 1. The second kappa shape index (κ2) is 8.34. The normalized spacial score (nSPS) is 14.0. The van der Waals surface area contributed by atoms with Crippen LogP contribution in [0.2, 0.25) is 0 Å². The molecule has 1 aliphatic rings. The van der Waals surface area contributed by atoms with E-state index in [1.54, 1.807) is 24.3 Å². The molecule has 0 fully saturated rings. The van der Waals surface area contributed by atoms with Crippen LogP contribution in [0.4, 0.5) is 0 Å². The summed E-state index contributed by atoms with van der Waals surface area (Å²) in [6, 6.07) is 7.07. The van der Waals surface area contributed by atoms with Gasteiger partial charge in [0.15, 0.2) is 0 Å².